The summed E-state index contributed by atoms with van der Waals surface area (Å²) in [5.74, 6) is 0.240. The average molecular weight is 411 g/mol. The van der Waals surface area contributed by atoms with Gasteiger partial charge in [0.25, 0.3) is 5.91 Å². The van der Waals surface area contributed by atoms with Crippen LogP contribution in [0.4, 0.5) is 0 Å². The molecule has 0 saturated heterocycles. The Morgan fingerprint density at radius 1 is 1.07 bits per heavy atom. The lowest BCUT2D eigenvalue weighted by Crippen LogP contribution is -2.37. The molecule has 0 bridgehead atoms. The van der Waals surface area contributed by atoms with E-state index in [9.17, 15) is 13.2 Å². The van der Waals surface area contributed by atoms with Gasteiger partial charge in [0.05, 0.1) is 17.1 Å². The zero-order valence-electron chi connectivity index (χ0n) is 15.2. The van der Waals surface area contributed by atoms with Crippen LogP contribution in [0.3, 0.4) is 0 Å². The highest BCUT2D eigenvalue weighted by Crippen LogP contribution is 2.26. The van der Waals surface area contributed by atoms with Gasteiger partial charge in [-0.25, -0.2) is 18.4 Å². The van der Waals surface area contributed by atoms with Crippen molar-refractivity contribution in [2.24, 2.45) is 5.73 Å². The lowest BCUT2D eigenvalue weighted by molar-refractivity contribution is 0.0990. The highest BCUT2D eigenvalue weighted by molar-refractivity contribution is 7.89. The summed E-state index contributed by atoms with van der Waals surface area (Å²) < 4.78 is 33.0. The summed E-state index contributed by atoms with van der Waals surface area (Å²) in [6, 6.07) is 9.60. The molecule has 2 N–H and O–H groups in total. The van der Waals surface area contributed by atoms with Crippen molar-refractivity contribution in [2.75, 3.05) is 6.54 Å². The van der Waals surface area contributed by atoms with E-state index in [-0.39, 0.29) is 17.3 Å². The largest absolute Gasteiger partial charge is 0.457 e. The molecule has 0 spiro atoms. The summed E-state index contributed by atoms with van der Waals surface area (Å²) in [7, 11) is -3.74. The summed E-state index contributed by atoms with van der Waals surface area (Å²) in [6.07, 6.45) is 5.19. The van der Waals surface area contributed by atoms with Crippen molar-refractivity contribution >= 4 is 15.9 Å². The van der Waals surface area contributed by atoms with E-state index in [0.717, 1.165) is 5.56 Å². The van der Waals surface area contributed by atoms with Crippen LogP contribution in [0.5, 0.6) is 11.5 Å². The molecule has 1 aliphatic rings. The minimum absolute atomic E-state index is 0.0513. The number of hydrogen-bond acceptors (Lipinski definition) is 7. The summed E-state index contributed by atoms with van der Waals surface area (Å²) in [5.41, 5.74) is 6.51. The minimum atomic E-state index is -3.74. The number of carbonyl (C=O) groups excluding carboxylic acids is 1. The molecule has 0 fully saturated rings. The Balaban J connectivity index is 1.54. The predicted molar refractivity (Wildman–Crippen MR) is 103 cm³/mol. The molecule has 0 aliphatic carbocycles. The van der Waals surface area contributed by atoms with Crippen LogP contribution in [0, 0.1) is 0 Å². The lowest BCUT2D eigenvalue weighted by atomic mass is 10.1. The lowest BCUT2D eigenvalue weighted by Gasteiger charge is -2.27. The van der Waals surface area contributed by atoms with E-state index in [1.165, 1.54) is 22.6 Å². The van der Waals surface area contributed by atoms with Crippen molar-refractivity contribution in [3.63, 3.8) is 0 Å². The Kier molecular flexibility index (Phi) is 4.95. The molecular weight excluding hydrogens is 394 g/mol. The molecule has 2 aromatic heterocycles. The van der Waals surface area contributed by atoms with E-state index in [2.05, 4.69) is 15.0 Å². The molecule has 4 rings (SSSR count). The Morgan fingerprint density at radius 2 is 1.76 bits per heavy atom. The Hall–Kier alpha value is -3.37. The van der Waals surface area contributed by atoms with Gasteiger partial charge in [0.15, 0.2) is 0 Å². The minimum Gasteiger partial charge on any atom is -0.457 e. The van der Waals surface area contributed by atoms with Gasteiger partial charge in [0.1, 0.15) is 11.5 Å². The Bertz CT molecular complexity index is 1150. The van der Waals surface area contributed by atoms with Crippen LogP contribution in [-0.4, -0.2) is 40.1 Å². The fourth-order valence-corrected chi connectivity index (χ4v) is 4.38. The molecule has 29 heavy (non-hydrogen) atoms. The zero-order valence-corrected chi connectivity index (χ0v) is 16.0. The van der Waals surface area contributed by atoms with E-state index < -0.39 is 15.9 Å². The van der Waals surface area contributed by atoms with Crippen molar-refractivity contribution in [1.82, 2.24) is 19.3 Å². The number of amides is 1. The van der Waals surface area contributed by atoms with Crippen molar-refractivity contribution in [1.29, 1.82) is 0 Å². The number of fused-ring (bicyclic) bond motifs is 1. The SMILES string of the molecule is NC(=O)c1ncc2c(n1)CN(S(=O)(=O)c1ccc(Oc3ccncc3)cc1)CC2. The normalized spacial score (nSPS) is 14.2. The van der Waals surface area contributed by atoms with Crippen molar-refractivity contribution in [3.8, 4) is 11.5 Å². The van der Waals surface area contributed by atoms with Crippen LogP contribution in [0.1, 0.15) is 21.9 Å². The summed E-state index contributed by atoms with van der Waals surface area (Å²) in [5, 5.41) is 0. The number of pyridine rings is 1. The molecule has 10 heteroatoms. The number of nitrogens with zero attached hydrogens (tertiary/aromatic N) is 4. The fraction of sp³-hybridized carbons (Fsp3) is 0.158. The third-order valence-corrected chi connectivity index (χ3v) is 6.34. The van der Waals surface area contributed by atoms with E-state index in [0.29, 0.717) is 30.2 Å². The molecular formula is C19H17N5O4S. The third-order valence-electron chi connectivity index (χ3n) is 4.48. The van der Waals surface area contributed by atoms with Crippen molar-refractivity contribution in [3.05, 3.63) is 72.1 Å². The molecule has 0 radical (unpaired) electrons. The van der Waals surface area contributed by atoms with E-state index in [1.807, 2.05) is 0 Å². The van der Waals surface area contributed by atoms with E-state index >= 15 is 0 Å². The van der Waals surface area contributed by atoms with Crippen LogP contribution in [0.15, 0.2) is 59.9 Å². The van der Waals surface area contributed by atoms with E-state index in [4.69, 9.17) is 10.5 Å². The smallest absolute Gasteiger partial charge is 0.286 e. The molecule has 3 aromatic rings. The summed E-state index contributed by atoms with van der Waals surface area (Å²) in [4.78, 5) is 23.4. The molecule has 0 unspecified atom stereocenters. The average Bonchev–Trinajstić information content (AvgIpc) is 2.74. The maximum Gasteiger partial charge on any atom is 0.286 e. The van der Waals surface area contributed by atoms with Gasteiger partial charge >= 0.3 is 0 Å². The first kappa shape index (κ1) is 19.0. The molecule has 9 nitrogen and oxygen atoms in total. The summed E-state index contributed by atoms with van der Waals surface area (Å²) >= 11 is 0. The first-order valence-electron chi connectivity index (χ1n) is 8.76. The second-order valence-electron chi connectivity index (χ2n) is 6.37. The topological polar surface area (TPSA) is 128 Å². The second kappa shape index (κ2) is 7.57. The number of primary amides is 1. The quantitative estimate of drug-likeness (QED) is 0.674. The predicted octanol–water partition coefficient (Wildman–Crippen LogP) is 1.51. The first-order chi connectivity index (χ1) is 13.9. The summed E-state index contributed by atoms with van der Waals surface area (Å²) in [6.45, 7) is 0.347. The van der Waals surface area contributed by atoms with E-state index in [1.54, 1.807) is 36.7 Å². The van der Waals surface area contributed by atoms with Crippen LogP contribution in [-0.2, 0) is 23.0 Å². The van der Waals surface area contributed by atoms with Crippen molar-refractivity contribution < 1.29 is 17.9 Å². The maximum atomic E-state index is 13.0. The van der Waals surface area contributed by atoms with Crippen LogP contribution in [0.25, 0.3) is 0 Å². The van der Waals surface area contributed by atoms with Gasteiger partial charge in [-0.1, -0.05) is 0 Å². The van der Waals surface area contributed by atoms with Gasteiger partial charge in [-0.3, -0.25) is 9.78 Å². The number of nitrogens with two attached hydrogens (primary N) is 1. The molecule has 0 atom stereocenters. The molecule has 0 saturated carbocycles. The highest BCUT2D eigenvalue weighted by atomic mass is 32.2. The monoisotopic (exact) mass is 411 g/mol. The van der Waals surface area contributed by atoms with Gasteiger partial charge in [-0.2, -0.15) is 4.31 Å². The molecule has 1 aliphatic heterocycles. The maximum absolute atomic E-state index is 13.0. The number of hydrogen-bond donors (Lipinski definition) is 1. The number of sulfonamides is 1. The van der Waals surface area contributed by atoms with Gasteiger partial charge in [-0.05, 0) is 48.4 Å². The fourth-order valence-electron chi connectivity index (χ4n) is 2.97. The zero-order chi connectivity index (χ0) is 20.4. The molecule has 148 valence electrons. The first-order valence-corrected chi connectivity index (χ1v) is 10.2. The van der Waals surface area contributed by atoms with Crippen LogP contribution >= 0.6 is 0 Å². The Morgan fingerprint density at radius 3 is 2.45 bits per heavy atom. The number of rotatable bonds is 5. The molecule has 1 aromatic carbocycles. The molecule has 1 amide bonds. The molecule has 3 heterocycles. The van der Waals surface area contributed by atoms with Gasteiger partial charge in [-0.15, -0.1) is 0 Å². The third kappa shape index (κ3) is 3.93. The number of ether oxygens (including phenoxy) is 1. The number of aromatic nitrogens is 3. The van der Waals surface area contributed by atoms with Crippen molar-refractivity contribution in [2.45, 2.75) is 17.9 Å². The second-order valence-corrected chi connectivity index (χ2v) is 8.31. The van der Waals surface area contributed by atoms with Gasteiger partial charge < -0.3 is 10.5 Å². The van der Waals surface area contributed by atoms with Crippen LogP contribution in [0.2, 0.25) is 0 Å². The highest BCUT2D eigenvalue weighted by Gasteiger charge is 2.29. The number of carbonyl (C=O) groups is 1. The van der Waals surface area contributed by atoms with Gasteiger partial charge in [0.2, 0.25) is 15.8 Å². The number of benzene rings is 1. The van der Waals surface area contributed by atoms with Gasteiger partial charge in [0, 0.05) is 25.1 Å². The Labute approximate surface area is 167 Å². The van der Waals surface area contributed by atoms with Crippen LogP contribution < -0.4 is 10.5 Å². The standard InChI is InChI=1S/C19H17N5O4S/c20-18(25)19-22-11-13-7-10-24(12-17(13)23-19)29(26,27)16-3-1-14(2-4-16)28-15-5-8-21-9-6-15/h1-6,8-9,11H,7,10,12H2,(H2,20,25).